The van der Waals surface area contributed by atoms with Gasteiger partial charge in [-0.05, 0) is 18.1 Å². The third-order valence-corrected chi connectivity index (χ3v) is 3.74. The highest BCUT2D eigenvalue weighted by Crippen LogP contribution is 2.20. The SMILES string of the molecule is O=C(Cc1cccnc1)N1CCC(N2C(=O)COC2=O)C1. The summed E-state index contributed by atoms with van der Waals surface area (Å²) >= 11 is 0. The highest BCUT2D eigenvalue weighted by molar-refractivity contribution is 5.98. The number of imide groups is 1. The minimum Gasteiger partial charge on any atom is -0.439 e. The van der Waals surface area contributed by atoms with Gasteiger partial charge in [-0.1, -0.05) is 6.07 Å². The maximum Gasteiger partial charge on any atom is 0.417 e. The van der Waals surface area contributed by atoms with Crippen LogP contribution >= 0.6 is 0 Å². The molecule has 1 unspecified atom stereocenters. The lowest BCUT2D eigenvalue weighted by Gasteiger charge is -2.20. The minimum atomic E-state index is -0.605. The quantitative estimate of drug-likeness (QED) is 0.794. The Kier molecular flexibility index (Phi) is 3.55. The normalized spacial score (nSPS) is 21.8. The van der Waals surface area contributed by atoms with Crippen molar-refractivity contribution in [3.8, 4) is 0 Å². The van der Waals surface area contributed by atoms with Gasteiger partial charge in [0.1, 0.15) is 0 Å². The molecule has 0 radical (unpaired) electrons. The molecule has 0 N–H and O–H groups in total. The number of hydrogen-bond donors (Lipinski definition) is 0. The molecule has 110 valence electrons. The second kappa shape index (κ2) is 5.51. The number of cyclic esters (lactones) is 1. The predicted molar refractivity (Wildman–Crippen MR) is 71.1 cm³/mol. The summed E-state index contributed by atoms with van der Waals surface area (Å²) in [7, 11) is 0. The molecule has 0 spiro atoms. The van der Waals surface area contributed by atoms with Crippen molar-refractivity contribution in [1.29, 1.82) is 0 Å². The van der Waals surface area contributed by atoms with Crippen LogP contribution < -0.4 is 0 Å². The molecule has 0 bridgehead atoms. The predicted octanol–water partition coefficient (Wildman–Crippen LogP) is 0.204. The Hall–Kier alpha value is -2.44. The molecule has 0 saturated carbocycles. The van der Waals surface area contributed by atoms with Gasteiger partial charge >= 0.3 is 6.09 Å². The van der Waals surface area contributed by atoms with Crippen molar-refractivity contribution in [2.24, 2.45) is 0 Å². The van der Waals surface area contributed by atoms with E-state index < -0.39 is 6.09 Å². The van der Waals surface area contributed by atoms with Gasteiger partial charge in [0.05, 0.1) is 12.5 Å². The number of hydrogen-bond acceptors (Lipinski definition) is 5. The molecule has 1 aromatic rings. The third-order valence-electron chi connectivity index (χ3n) is 3.74. The van der Waals surface area contributed by atoms with E-state index in [4.69, 9.17) is 4.74 Å². The zero-order chi connectivity index (χ0) is 14.8. The molecule has 0 aromatic carbocycles. The average molecular weight is 289 g/mol. The van der Waals surface area contributed by atoms with Crippen LogP contribution in [0.3, 0.4) is 0 Å². The zero-order valence-electron chi connectivity index (χ0n) is 11.4. The molecule has 2 aliphatic heterocycles. The first-order chi connectivity index (χ1) is 10.1. The molecule has 1 aromatic heterocycles. The molecule has 1 atom stereocenters. The van der Waals surface area contributed by atoms with Crippen LogP contribution in [0.1, 0.15) is 12.0 Å². The highest BCUT2D eigenvalue weighted by atomic mass is 16.6. The largest absolute Gasteiger partial charge is 0.439 e. The number of ether oxygens (including phenoxy) is 1. The standard InChI is InChI=1S/C14H15N3O4/c18-12(6-10-2-1-4-15-7-10)16-5-3-11(8-16)17-13(19)9-21-14(17)20/h1-2,4,7,11H,3,5-6,8-9H2. The van der Waals surface area contributed by atoms with Gasteiger partial charge in [-0.3, -0.25) is 14.6 Å². The van der Waals surface area contributed by atoms with Gasteiger partial charge in [0.25, 0.3) is 5.91 Å². The lowest BCUT2D eigenvalue weighted by molar-refractivity contribution is -0.131. The smallest absolute Gasteiger partial charge is 0.417 e. The van der Waals surface area contributed by atoms with Crippen molar-refractivity contribution in [2.45, 2.75) is 18.9 Å². The Labute approximate surface area is 121 Å². The molecule has 7 nitrogen and oxygen atoms in total. The van der Waals surface area contributed by atoms with E-state index in [2.05, 4.69) is 4.98 Å². The molecule has 2 aliphatic rings. The number of carbonyl (C=O) groups is 3. The van der Waals surface area contributed by atoms with Crippen LogP contribution in [0.4, 0.5) is 4.79 Å². The fraction of sp³-hybridized carbons (Fsp3) is 0.429. The Morgan fingerprint density at radius 3 is 2.95 bits per heavy atom. The summed E-state index contributed by atoms with van der Waals surface area (Å²) in [6.07, 6.45) is 3.59. The van der Waals surface area contributed by atoms with Crippen LogP contribution in [-0.4, -0.2) is 58.4 Å². The van der Waals surface area contributed by atoms with Crippen molar-refractivity contribution < 1.29 is 19.1 Å². The topological polar surface area (TPSA) is 79.8 Å². The van der Waals surface area contributed by atoms with Crippen molar-refractivity contribution in [3.05, 3.63) is 30.1 Å². The van der Waals surface area contributed by atoms with Crippen molar-refractivity contribution in [1.82, 2.24) is 14.8 Å². The van der Waals surface area contributed by atoms with Crippen LogP contribution in [0.2, 0.25) is 0 Å². The van der Waals surface area contributed by atoms with Crippen LogP contribution in [0.5, 0.6) is 0 Å². The molecule has 3 rings (SSSR count). The first-order valence-electron chi connectivity index (χ1n) is 6.80. The van der Waals surface area contributed by atoms with Crippen LogP contribution in [-0.2, 0) is 20.7 Å². The van der Waals surface area contributed by atoms with E-state index in [1.54, 1.807) is 23.4 Å². The molecule has 3 heterocycles. The van der Waals surface area contributed by atoms with Crippen LogP contribution in [0.25, 0.3) is 0 Å². The summed E-state index contributed by atoms with van der Waals surface area (Å²) in [4.78, 5) is 42.1. The summed E-state index contributed by atoms with van der Waals surface area (Å²) in [6.45, 7) is 0.722. The number of rotatable bonds is 3. The Balaban J connectivity index is 1.60. The van der Waals surface area contributed by atoms with Gasteiger partial charge in [-0.25, -0.2) is 9.69 Å². The van der Waals surface area contributed by atoms with E-state index >= 15 is 0 Å². The summed E-state index contributed by atoms with van der Waals surface area (Å²) in [5, 5.41) is 0. The van der Waals surface area contributed by atoms with E-state index in [9.17, 15) is 14.4 Å². The first kappa shape index (κ1) is 13.5. The lowest BCUT2D eigenvalue weighted by atomic mass is 10.2. The van der Waals surface area contributed by atoms with E-state index in [1.165, 1.54) is 0 Å². The van der Waals surface area contributed by atoms with Crippen LogP contribution in [0, 0.1) is 0 Å². The lowest BCUT2D eigenvalue weighted by Crippen LogP contribution is -2.42. The van der Waals surface area contributed by atoms with Gasteiger partial charge in [0.2, 0.25) is 5.91 Å². The molecule has 21 heavy (non-hydrogen) atoms. The number of carbonyl (C=O) groups excluding carboxylic acids is 3. The van der Waals surface area contributed by atoms with Gasteiger partial charge in [0, 0.05) is 25.5 Å². The molecule has 2 fully saturated rings. The molecule has 0 aliphatic carbocycles. The fourth-order valence-electron chi connectivity index (χ4n) is 2.69. The second-order valence-electron chi connectivity index (χ2n) is 5.14. The van der Waals surface area contributed by atoms with Gasteiger partial charge in [-0.15, -0.1) is 0 Å². The molecule has 3 amide bonds. The average Bonchev–Trinajstić information content (AvgIpc) is 3.07. The highest BCUT2D eigenvalue weighted by Gasteiger charge is 2.41. The monoisotopic (exact) mass is 289 g/mol. The number of nitrogens with zero attached hydrogens (tertiary/aromatic N) is 3. The molecular weight excluding hydrogens is 274 g/mol. The fourth-order valence-corrected chi connectivity index (χ4v) is 2.69. The van der Waals surface area contributed by atoms with Gasteiger partial charge in [-0.2, -0.15) is 0 Å². The number of pyridine rings is 1. The van der Waals surface area contributed by atoms with E-state index in [1.807, 2.05) is 6.07 Å². The molecule has 2 saturated heterocycles. The van der Waals surface area contributed by atoms with E-state index in [-0.39, 0.29) is 30.9 Å². The second-order valence-corrected chi connectivity index (χ2v) is 5.14. The Morgan fingerprint density at radius 2 is 2.29 bits per heavy atom. The molecular formula is C14H15N3O4. The summed E-state index contributed by atoms with van der Waals surface area (Å²) < 4.78 is 4.71. The number of aromatic nitrogens is 1. The van der Waals surface area contributed by atoms with Crippen molar-refractivity contribution >= 4 is 17.9 Å². The molecule has 7 heteroatoms. The summed E-state index contributed by atoms with van der Waals surface area (Å²) in [5.41, 5.74) is 0.850. The first-order valence-corrected chi connectivity index (χ1v) is 6.80. The van der Waals surface area contributed by atoms with Crippen LogP contribution in [0.15, 0.2) is 24.5 Å². The third kappa shape index (κ3) is 2.72. The zero-order valence-corrected chi connectivity index (χ0v) is 11.4. The van der Waals surface area contributed by atoms with E-state index in [0.29, 0.717) is 19.5 Å². The summed E-state index contributed by atoms with van der Waals surface area (Å²) in [5.74, 6) is -0.350. The van der Waals surface area contributed by atoms with Crippen molar-refractivity contribution in [2.75, 3.05) is 19.7 Å². The maximum absolute atomic E-state index is 12.2. The number of amides is 3. The number of likely N-dealkylation sites (tertiary alicyclic amines) is 1. The van der Waals surface area contributed by atoms with Gasteiger partial charge < -0.3 is 9.64 Å². The van der Waals surface area contributed by atoms with Gasteiger partial charge in [0.15, 0.2) is 6.61 Å². The maximum atomic E-state index is 12.2. The summed E-state index contributed by atoms with van der Waals surface area (Å²) in [6, 6.07) is 3.36. The van der Waals surface area contributed by atoms with Crippen molar-refractivity contribution in [3.63, 3.8) is 0 Å². The Morgan fingerprint density at radius 1 is 1.43 bits per heavy atom. The van der Waals surface area contributed by atoms with E-state index in [0.717, 1.165) is 10.5 Å². The Bertz CT molecular complexity index is 559. The minimum absolute atomic E-state index is 0.0227.